The Hall–Kier alpha value is -2.63. The molecule has 10 nitrogen and oxygen atoms in total. The third-order valence-corrected chi connectivity index (χ3v) is 5.16. The molecule has 0 bridgehead atoms. The van der Waals surface area contributed by atoms with Crippen LogP contribution >= 0.6 is 12.6 Å². The van der Waals surface area contributed by atoms with E-state index in [-0.39, 0.29) is 18.6 Å². The first-order valence-electron chi connectivity index (χ1n) is 10.4. The SMILES string of the molecule is CC(NC(=O)C(N)CS)C(=O)NC(Cc1ccccc1)C(=O)NC(CCCCN)C(=O)O. The Balaban J connectivity index is 2.91. The van der Waals surface area contributed by atoms with Crippen molar-refractivity contribution in [1.82, 2.24) is 16.0 Å². The highest BCUT2D eigenvalue weighted by molar-refractivity contribution is 7.80. The molecule has 0 saturated heterocycles. The van der Waals surface area contributed by atoms with Gasteiger partial charge in [-0.3, -0.25) is 14.4 Å². The molecule has 4 atom stereocenters. The Kier molecular flexibility index (Phi) is 12.4. The molecular weight excluding hydrogens is 434 g/mol. The molecule has 0 aliphatic rings. The van der Waals surface area contributed by atoms with Gasteiger partial charge in [0.15, 0.2) is 0 Å². The highest BCUT2D eigenvalue weighted by Crippen LogP contribution is 2.07. The number of carbonyl (C=O) groups is 4. The predicted molar refractivity (Wildman–Crippen MR) is 124 cm³/mol. The van der Waals surface area contributed by atoms with Gasteiger partial charge in [-0.15, -0.1) is 0 Å². The minimum Gasteiger partial charge on any atom is -0.480 e. The first-order chi connectivity index (χ1) is 15.2. The number of nitrogens with one attached hydrogen (secondary N) is 3. The number of hydrogen-bond donors (Lipinski definition) is 7. The molecule has 32 heavy (non-hydrogen) atoms. The van der Waals surface area contributed by atoms with E-state index in [4.69, 9.17) is 11.5 Å². The maximum Gasteiger partial charge on any atom is 0.326 e. The van der Waals surface area contributed by atoms with Crippen molar-refractivity contribution in [1.29, 1.82) is 0 Å². The van der Waals surface area contributed by atoms with E-state index < -0.39 is 47.9 Å². The average molecular weight is 468 g/mol. The topological polar surface area (TPSA) is 177 Å². The molecule has 1 rings (SSSR count). The normalized spacial score (nSPS) is 14.5. The molecule has 0 fully saturated rings. The van der Waals surface area contributed by atoms with E-state index in [0.29, 0.717) is 19.4 Å². The number of unbranched alkanes of at least 4 members (excludes halogenated alkanes) is 1. The van der Waals surface area contributed by atoms with Crippen LogP contribution in [0.15, 0.2) is 30.3 Å². The maximum absolute atomic E-state index is 12.9. The molecule has 0 aromatic heterocycles. The van der Waals surface area contributed by atoms with Crippen LogP contribution in [0.2, 0.25) is 0 Å². The van der Waals surface area contributed by atoms with Crippen molar-refractivity contribution in [3.8, 4) is 0 Å². The zero-order valence-corrected chi connectivity index (χ0v) is 19.0. The van der Waals surface area contributed by atoms with E-state index in [1.807, 2.05) is 6.07 Å². The summed E-state index contributed by atoms with van der Waals surface area (Å²) < 4.78 is 0. The van der Waals surface area contributed by atoms with Crippen LogP contribution in [0.3, 0.4) is 0 Å². The third-order valence-electron chi connectivity index (χ3n) is 4.76. The number of carboxylic acids is 1. The summed E-state index contributed by atoms with van der Waals surface area (Å²) in [5.74, 6) is -2.83. The average Bonchev–Trinajstić information content (AvgIpc) is 2.77. The molecule has 4 unspecified atom stereocenters. The predicted octanol–water partition coefficient (Wildman–Crippen LogP) is -0.826. The fourth-order valence-corrected chi connectivity index (χ4v) is 3.01. The van der Waals surface area contributed by atoms with E-state index >= 15 is 0 Å². The summed E-state index contributed by atoms with van der Waals surface area (Å²) in [5, 5.41) is 17.0. The van der Waals surface area contributed by atoms with Crippen molar-refractivity contribution in [2.45, 2.75) is 56.8 Å². The molecule has 178 valence electrons. The minimum absolute atomic E-state index is 0.111. The van der Waals surface area contributed by atoms with E-state index in [0.717, 1.165) is 5.56 Å². The second-order valence-corrected chi connectivity index (χ2v) is 7.82. The summed E-state index contributed by atoms with van der Waals surface area (Å²) in [6, 6.07) is 5.01. The van der Waals surface area contributed by atoms with Crippen LogP contribution in [0.5, 0.6) is 0 Å². The third kappa shape index (κ3) is 9.67. The molecule has 3 amide bonds. The first kappa shape index (κ1) is 27.4. The van der Waals surface area contributed by atoms with Gasteiger partial charge in [0.2, 0.25) is 17.7 Å². The molecule has 0 radical (unpaired) electrons. The second-order valence-electron chi connectivity index (χ2n) is 7.45. The lowest BCUT2D eigenvalue weighted by Crippen LogP contribution is -2.57. The first-order valence-corrected chi connectivity index (χ1v) is 11.1. The van der Waals surface area contributed by atoms with Crippen molar-refractivity contribution in [3.05, 3.63) is 35.9 Å². The van der Waals surface area contributed by atoms with Crippen molar-refractivity contribution in [2.75, 3.05) is 12.3 Å². The van der Waals surface area contributed by atoms with Gasteiger partial charge >= 0.3 is 5.97 Å². The van der Waals surface area contributed by atoms with Crippen LogP contribution in [0, 0.1) is 0 Å². The number of carboxylic acid groups (broad SMARTS) is 1. The number of rotatable bonds is 14. The minimum atomic E-state index is -1.17. The highest BCUT2D eigenvalue weighted by atomic mass is 32.1. The molecule has 0 heterocycles. The number of nitrogens with two attached hydrogens (primary N) is 2. The van der Waals surface area contributed by atoms with Gasteiger partial charge in [0, 0.05) is 12.2 Å². The van der Waals surface area contributed by atoms with Crippen molar-refractivity contribution in [2.24, 2.45) is 11.5 Å². The summed E-state index contributed by atoms with van der Waals surface area (Å²) in [7, 11) is 0. The number of carbonyl (C=O) groups excluding carboxylic acids is 3. The van der Waals surface area contributed by atoms with Gasteiger partial charge in [0.25, 0.3) is 0 Å². The van der Waals surface area contributed by atoms with E-state index in [9.17, 15) is 24.3 Å². The van der Waals surface area contributed by atoms with Gasteiger partial charge in [-0.1, -0.05) is 30.3 Å². The summed E-state index contributed by atoms with van der Waals surface area (Å²) in [5.41, 5.74) is 11.8. The fraction of sp³-hybridized carbons (Fsp3) is 0.524. The Bertz CT molecular complexity index is 764. The quantitative estimate of drug-likeness (QED) is 0.138. The monoisotopic (exact) mass is 467 g/mol. The number of aliphatic carboxylic acids is 1. The zero-order chi connectivity index (χ0) is 24.1. The highest BCUT2D eigenvalue weighted by Gasteiger charge is 2.28. The van der Waals surface area contributed by atoms with Gasteiger partial charge in [0.05, 0.1) is 6.04 Å². The summed E-state index contributed by atoms with van der Waals surface area (Å²) in [6.07, 6.45) is 1.54. The van der Waals surface area contributed by atoms with Gasteiger partial charge in [-0.2, -0.15) is 12.6 Å². The molecular formula is C21H33N5O5S. The molecule has 1 aromatic carbocycles. The summed E-state index contributed by atoms with van der Waals surface area (Å²) >= 11 is 3.95. The lowest BCUT2D eigenvalue weighted by Gasteiger charge is -2.24. The zero-order valence-electron chi connectivity index (χ0n) is 18.1. The van der Waals surface area contributed by atoms with Crippen LogP contribution in [-0.4, -0.2) is 65.3 Å². The lowest BCUT2D eigenvalue weighted by atomic mass is 10.0. The molecule has 0 saturated carbocycles. The smallest absolute Gasteiger partial charge is 0.326 e. The Morgan fingerprint density at radius 3 is 2.16 bits per heavy atom. The van der Waals surface area contributed by atoms with Gasteiger partial charge < -0.3 is 32.5 Å². The van der Waals surface area contributed by atoms with E-state index in [1.54, 1.807) is 24.3 Å². The second kappa shape index (κ2) is 14.4. The van der Waals surface area contributed by atoms with Crippen molar-refractivity contribution < 1.29 is 24.3 Å². The number of benzene rings is 1. The van der Waals surface area contributed by atoms with Crippen LogP contribution in [0.25, 0.3) is 0 Å². The molecule has 0 aliphatic heterocycles. The lowest BCUT2D eigenvalue weighted by molar-refractivity contribution is -0.142. The van der Waals surface area contributed by atoms with E-state index in [1.165, 1.54) is 6.92 Å². The van der Waals surface area contributed by atoms with Crippen LogP contribution in [-0.2, 0) is 25.6 Å². The number of thiol groups is 1. The largest absolute Gasteiger partial charge is 0.480 e. The standard InChI is InChI=1S/C21H33N5O5S/c1-13(24-19(28)15(23)12-32)18(27)26-17(11-14-7-3-2-4-8-14)20(29)25-16(21(30)31)9-5-6-10-22/h2-4,7-8,13,15-17,32H,5-6,9-12,22-23H2,1H3,(H,24,28)(H,25,29)(H,26,27)(H,30,31). The van der Waals surface area contributed by atoms with E-state index in [2.05, 4.69) is 28.6 Å². The molecule has 0 spiro atoms. The van der Waals surface area contributed by atoms with Gasteiger partial charge in [0.1, 0.15) is 18.1 Å². The summed E-state index contributed by atoms with van der Waals surface area (Å²) in [6.45, 7) is 1.89. The van der Waals surface area contributed by atoms with Crippen molar-refractivity contribution in [3.63, 3.8) is 0 Å². The van der Waals surface area contributed by atoms with Gasteiger partial charge in [-0.05, 0) is 38.3 Å². The Morgan fingerprint density at radius 1 is 0.969 bits per heavy atom. The molecule has 1 aromatic rings. The summed E-state index contributed by atoms with van der Waals surface area (Å²) in [4.78, 5) is 49.0. The number of hydrogen-bond acceptors (Lipinski definition) is 7. The molecule has 11 heteroatoms. The van der Waals surface area contributed by atoms with Crippen molar-refractivity contribution >= 4 is 36.3 Å². The van der Waals surface area contributed by atoms with Crippen LogP contribution in [0.4, 0.5) is 0 Å². The fourth-order valence-electron chi connectivity index (χ4n) is 2.85. The molecule has 0 aliphatic carbocycles. The Morgan fingerprint density at radius 2 is 1.59 bits per heavy atom. The number of amides is 3. The van der Waals surface area contributed by atoms with Crippen LogP contribution < -0.4 is 27.4 Å². The van der Waals surface area contributed by atoms with Gasteiger partial charge in [-0.25, -0.2) is 4.79 Å². The Labute approximate surface area is 193 Å². The molecule has 8 N–H and O–H groups in total. The van der Waals surface area contributed by atoms with Crippen LogP contribution in [0.1, 0.15) is 31.7 Å². The maximum atomic E-state index is 12.9.